The third kappa shape index (κ3) is 4.84. The number of benzene rings is 1. The molecule has 2 rings (SSSR count). The van der Waals surface area contributed by atoms with E-state index in [1.54, 1.807) is 24.3 Å². The van der Waals surface area contributed by atoms with E-state index in [2.05, 4.69) is 10.9 Å². The van der Waals surface area contributed by atoms with Crippen LogP contribution in [0.3, 0.4) is 0 Å². The number of hydrogen-bond donors (Lipinski definition) is 3. The van der Waals surface area contributed by atoms with Gasteiger partial charge in [-0.3, -0.25) is 25.3 Å². The van der Waals surface area contributed by atoms with Gasteiger partial charge < -0.3 is 5.11 Å². The van der Waals surface area contributed by atoms with Crippen LogP contribution in [0.15, 0.2) is 30.3 Å². The number of carbonyl (C=O) groups excluding carboxylic acids is 2. The first-order valence-corrected chi connectivity index (χ1v) is 7.05. The fraction of sp³-hybridized carbons (Fsp3) is 0.467. The molecule has 6 nitrogen and oxygen atoms in total. The summed E-state index contributed by atoms with van der Waals surface area (Å²) in [5.74, 6) is -0.605. The second-order valence-electron chi connectivity index (χ2n) is 5.64. The smallest absolute Gasteiger partial charge is 0.269 e. The molecule has 0 bridgehead atoms. The van der Waals surface area contributed by atoms with Crippen LogP contribution < -0.4 is 10.9 Å². The molecular formula is C15H21N3O3. The predicted octanol–water partition coefficient (Wildman–Crippen LogP) is 0.294. The number of piperidine rings is 1. The van der Waals surface area contributed by atoms with Crippen molar-refractivity contribution < 1.29 is 14.7 Å². The minimum Gasteiger partial charge on any atom is -0.390 e. The van der Waals surface area contributed by atoms with Crippen LogP contribution in [0.4, 0.5) is 0 Å². The third-order valence-electron chi connectivity index (χ3n) is 3.65. The van der Waals surface area contributed by atoms with Crippen LogP contribution in [-0.2, 0) is 4.79 Å². The first-order valence-electron chi connectivity index (χ1n) is 7.05. The maximum Gasteiger partial charge on any atom is 0.269 e. The van der Waals surface area contributed by atoms with Crippen molar-refractivity contribution in [3.05, 3.63) is 35.9 Å². The monoisotopic (exact) mass is 291 g/mol. The minimum atomic E-state index is -0.630. The van der Waals surface area contributed by atoms with Gasteiger partial charge in [-0.15, -0.1) is 0 Å². The Morgan fingerprint density at radius 3 is 2.43 bits per heavy atom. The highest BCUT2D eigenvalue weighted by atomic mass is 16.3. The van der Waals surface area contributed by atoms with Crippen molar-refractivity contribution in [2.45, 2.75) is 25.4 Å². The zero-order valence-corrected chi connectivity index (χ0v) is 12.1. The molecule has 114 valence electrons. The topological polar surface area (TPSA) is 81.7 Å². The number of carbonyl (C=O) groups is 2. The van der Waals surface area contributed by atoms with Gasteiger partial charge in [0, 0.05) is 18.7 Å². The highest BCUT2D eigenvalue weighted by Gasteiger charge is 2.27. The van der Waals surface area contributed by atoms with Gasteiger partial charge in [-0.05, 0) is 31.9 Å². The van der Waals surface area contributed by atoms with Crippen LogP contribution >= 0.6 is 0 Å². The molecule has 1 saturated heterocycles. The Morgan fingerprint density at radius 1 is 1.19 bits per heavy atom. The molecule has 3 N–H and O–H groups in total. The molecule has 0 saturated carbocycles. The van der Waals surface area contributed by atoms with Crippen LogP contribution in [0.5, 0.6) is 0 Å². The molecule has 6 heteroatoms. The largest absolute Gasteiger partial charge is 0.390 e. The third-order valence-corrected chi connectivity index (χ3v) is 3.65. The first kappa shape index (κ1) is 15.5. The van der Waals surface area contributed by atoms with E-state index in [0.29, 0.717) is 31.5 Å². The second kappa shape index (κ2) is 6.69. The predicted molar refractivity (Wildman–Crippen MR) is 78.3 cm³/mol. The van der Waals surface area contributed by atoms with E-state index in [9.17, 15) is 14.7 Å². The van der Waals surface area contributed by atoms with Crippen LogP contribution in [0.1, 0.15) is 30.1 Å². The molecule has 21 heavy (non-hydrogen) atoms. The molecule has 1 aliphatic heterocycles. The molecular weight excluding hydrogens is 270 g/mol. The van der Waals surface area contributed by atoms with Crippen molar-refractivity contribution in [3.63, 3.8) is 0 Å². The van der Waals surface area contributed by atoms with Gasteiger partial charge in [-0.25, -0.2) is 0 Å². The van der Waals surface area contributed by atoms with E-state index >= 15 is 0 Å². The van der Waals surface area contributed by atoms with Crippen molar-refractivity contribution >= 4 is 11.8 Å². The lowest BCUT2D eigenvalue weighted by atomic mass is 9.94. The van der Waals surface area contributed by atoms with Gasteiger partial charge in [0.2, 0.25) is 0 Å². The number of rotatable bonds is 3. The maximum atomic E-state index is 11.8. The maximum absolute atomic E-state index is 11.8. The zero-order chi connectivity index (χ0) is 15.3. The second-order valence-corrected chi connectivity index (χ2v) is 5.64. The standard InChI is InChI=1S/C15H21N3O3/c1-15(21)7-9-18(10-8-15)11-13(19)16-17-14(20)12-5-3-2-4-6-12/h2-6,21H,7-11H2,1H3,(H,16,19)(H,17,20). The van der Waals surface area contributed by atoms with Crippen LogP contribution in [0.25, 0.3) is 0 Å². The van der Waals surface area contributed by atoms with Gasteiger partial charge in [0.15, 0.2) is 0 Å². The molecule has 1 aliphatic rings. The molecule has 1 heterocycles. The zero-order valence-electron chi connectivity index (χ0n) is 12.1. The summed E-state index contributed by atoms with van der Waals surface area (Å²) in [4.78, 5) is 25.5. The molecule has 2 amide bonds. The highest BCUT2D eigenvalue weighted by molar-refractivity contribution is 5.95. The van der Waals surface area contributed by atoms with Crippen molar-refractivity contribution in [2.24, 2.45) is 0 Å². The van der Waals surface area contributed by atoms with E-state index in [1.807, 2.05) is 17.9 Å². The molecule has 0 spiro atoms. The van der Waals surface area contributed by atoms with Crippen LogP contribution in [-0.4, -0.2) is 47.1 Å². The quantitative estimate of drug-likeness (QED) is 0.699. The fourth-order valence-electron chi connectivity index (χ4n) is 2.22. The number of likely N-dealkylation sites (tertiary alicyclic amines) is 1. The summed E-state index contributed by atoms with van der Waals surface area (Å²) in [5.41, 5.74) is 4.66. The molecule has 1 aromatic carbocycles. The number of nitrogens with one attached hydrogen (secondary N) is 2. The number of hydrazine groups is 1. The first-order chi connectivity index (χ1) is 9.96. The fourth-order valence-corrected chi connectivity index (χ4v) is 2.22. The van der Waals surface area contributed by atoms with Crippen molar-refractivity contribution in [2.75, 3.05) is 19.6 Å². The number of hydrogen-bond acceptors (Lipinski definition) is 4. The lowest BCUT2D eigenvalue weighted by molar-refractivity contribution is -0.124. The molecule has 0 atom stereocenters. The van der Waals surface area contributed by atoms with Gasteiger partial charge >= 0.3 is 0 Å². The number of amides is 2. The summed E-state index contributed by atoms with van der Waals surface area (Å²) >= 11 is 0. The van der Waals surface area contributed by atoms with Crippen molar-refractivity contribution in [1.29, 1.82) is 0 Å². The van der Waals surface area contributed by atoms with Gasteiger partial charge in [-0.1, -0.05) is 18.2 Å². The van der Waals surface area contributed by atoms with E-state index in [0.717, 1.165) is 0 Å². The minimum absolute atomic E-state index is 0.213. The lowest BCUT2D eigenvalue weighted by Gasteiger charge is -2.35. The van der Waals surface area contributed by atoms with E-state index in [1.165, 1.54) is 0 Å². The van der Waals surface area contributed by atoms with Crippen LogP contribution in [0, 0.1) is 0 Å². The average Bonchev–Trinajstić information content (AvgIpc) is 2.48. The van der Waals surface area contributed by atoms with Crippen molar-refractivity contribution in [3.8, 4) is 0 Å². The van der Waals surface area contributed by atoms with E-state index in [4.69, 9.17) is 0 Å². The Bertz CT molecular complexity index is 492. The summed E-state index contributed by atoms with van der Waals surface area (Å²) in [6.07, 6.45) is 1.30. The molecule has 1 fully saturated rings. The summed E-state index contributed by atoms with van der Waals surface area (Å²) < 4.78 is 0. The number of aliphatic hydroxyl groups is 1. The Balaban J connectivity index is 1.72. The Hall–Kier alpha value is -1.92. The van der Waals surface area contributed by atoms with Gasteiger partial charge in [0.05, 0.1) is 12.1 Å². The van der Waals surface area contributed by atoms with E-state index in [-0.39, 0.29) is 18.4 Å². The van der Waals surface area contributed by atoms with Gasteiger partial charge in [-0.2, -0.15) is 0 Å². The summed E-state index contributed by atoms with van der Waals surface area (Å²) in [6.45, 7) is 3.37. The van der Waals surface area contributed by atoms with Gasteiger partial charge in [0.1, 0.15) is 0 Å². The Labute approximate surface area is 124 Å². The summed E-state index contributed by atoms with van der Waals surface area (Å²) in [6, 6.07) is 8.69. The number of nitrogens with zero attached hydrogens (tertiary/aromatic N) is 1. The molecule has 0 unspecified atom stereocenters. The molecule has 1 aromatic rings. The average molecular weight is 291 g/mol. The van der Waals surface area contributed by atoms with Crippen molar-refractivity contribution in [1.82, 2.24) is 15.8 Å². The highest BCUT2D eigenvalue weighted by Crippen LogP contribution is 2.20. The SMILES string of the molecule is CC1(O)CCN(CC(=O)NNC(=O)c2ccccc2)CC1. The Morgan fingerprint density at radius 2 is 1.81 bits per heavy atom. The molecule has 0 aliphatic carbocycles. The molecule has 0 aromatic heterocycles. The normalized spacial score (nSPS) is 18.0. The lowest BCUT2D eigenvalue weighted by Crippen LogP contribution is -2.49. The summed E-state index contributed by atoms with van der Waals surface area (Å²) in [7, 11) is 0. The van der Waals surface area contributed by atoms with E-state index < -0.39 is 5.60 Å². The summed E-state index contributed by atoms with van der Waals surface area (Å²) in [5, 5.41) is 9.84. The Kier molecular flexibility index (Phi) is 4.93. The van der Waals surface area contributed by atoms with Gasteiger partial charge in [0.25, 0.3) is 11.8 Å². The molecule has 0 radical (unpaired) electrons. The van der Waals surface area contributed by atoms with Crippen LogP contribution in [0.2, 0.25) is 0 Å².